The van der Waals surface area contributed by atoms with E-state index in [2.05, 4.69) is 24.7 Å². The number of aliphatic carboxylic acids is 1. The van der Waals surface area contributed by atoms with Crippen LogP contribution in [0, 0.1) is 0 Å². The molecule has 3 rings (SSSR count). The lowest BCUT2D eigenvalue weighted by Gasteiger charge is -2.49. The van der Waals surface area contributed by atoms with E-state index in [0.717, 1.165) is 16.4 Å². The molecule has 0 aromatic carbocycles. The molecule has 15 nitrogen and oxygen atoms in total. The average molecular weight is 574 g/mol. The van der Waals surface area contributed by atoms with Crippen molar-refractivity contribution < 1.29 is 43.1 Å². The lowest BCUT2D eigenvalue weighted by molar-refractivity contribution is -0.900. The monoisotopic (exact) mass is 573 g/mol. The van der Waals surface area contributed by atoms with Gasteiger partial charge in [0.2, 0.25) is 11.5 Å². The minimum Gasteiger partial charge on any atom is -0.477 e. The van der Waals surface area contributed by atoms with Crippen LogP contribution in [0.3, 0.4) is 0 Å². The molecule has 1 saturated heterocycles. The summed E-state index contributed by atoms with van der Waals surface area (Å²) in [5.41, 5.74) is 10.5. The van der Waals surface area contributed by atoms with Crippen LogP contribution in [0.15, 0.2) is 28.6 Å². The van der Waals surface area contributed by atoms with Gasteiger partial charge in [-0.15, -0.1) is 11.8 Å². The molecular weight excluding hydrogens is 547 g/mol. The number of amides is 3. The van der Waals surface area contributed by atoms with E-state index in [0.29, 0.717) is 5.57 Å². The number of nitrogens with one attached hydrogen (secondary N) is 1. The normalized spacial score (nSPS) is 20.7. The number of nitrogen functional groups attached to an aromatic ring is 1. The molecule has 0 bridgehead atoms. The van der Waals surface area contributed by atoms with E-state index >= 15 is 0 Å². The summed E-state index contributed by atoms with van der Waals surface area (Å²) in [4.78, 5) is 58.6. The van der Waals surface area contributed by atoms with E-state index < -0.39 is 60.3 Å². The third-order valence-corrected chi connectivity index (χ3v) is 7.65. The highest BCUT2D eigenvalue weighted by Gasteiger charge is 2.54. The number of halogens is 1. The van der Waals surface area contributed by atoms with Crippen molar-refractivity contribution in [1.82, 2.24) is 19.6 Å². The Hall–Kier alpha value is -3.61. The smallest absolute Gasteiger partial charge is 0.352 e. The molecule has 1 aromatic rings. The van der Waals surface area contributed by atoms with E-state index in [-0.39, 0.29) is 33.4 Å². The van der Waals surface area contributed by atoms with E-state index in [1.54, 1.807) is 26.2 Å². The largest absolute Gasteiger partial charge is 0.477 e. The molecule has 1 fully saturated rings. The van der Waals surface area contributed by atoms with Crippen LogP contribution < -0.4 is 16.8 Å². The van der Waals surface area contributed by atoms with Crippen molar-refractivity contribution in [3.8, 4) is 0 Å². The molecule has 2 aliphatic rings. The highest BCUT2D eigenvalue weighted by Crippen LogP contribution is 2.40. The topological polar surface area (TPSA) is 223 Å². The Balaban J connectivity index is 1.77. The van der Waals surface area contributed by atoms with E-state index in [4.69, 9.17) is 11.5 Å². The first-order valence-electron chi connectivity index (χ1n) is 10.9. The van der Waals surface area contributed by atoms with Gasteiger partial charge in [0.05, 0.1) is 20.6 Å². The Bertz CT molecular complexity index is 1220. The van der Waals surface area contributed by atoms with Crippen LogP contribution >= 0.6 is 23.3 Å². The summed E-state index contributed by atoms with van der Waals surface area (Å²) < 4.78 is 16.3. The molecule has 0 unspecified atom stereocenters. The second kappa shape index (κ2) is 11.8. The van der Waals surface area contributed by atoms with Gasteiger partial charge in [-0.1, -0.05) is 11.2 Å². The average Bonchev–Trinajstić information content (AvgIpc) is 3.27. The van der Waals surface area contributed by atoms with Gasteiger partial charge in [-0.3, -0.25) is 19.3 Å². The summed E-state index contributed by atoms with van der Waals surface area (Å²) in [6.45, 7) is -1.54. The molecule has 3 amide bonds. The number of rotatable bonds is 12. The van der Waals surface area contributed by atoms with Gasteiger partial charge in [0.15, 0.2) is 11.2 Å². The molecule has 0 saturated carbocycles. The number of aromatic nitrogens is 2. The van der Waals surface area contributed by atoms with Crippen molar-refractivity contribution in [2.75, 3.05) is 45.6 Å². The third-order valence-electron chi connectivity index (χ3n) is 5.80. The number of anilines is 1. The SMILES string of the molecule is C[N+](C)(C/C=C/C1=C(C(=O)O)N2C(=O)[C@@H](NC(=O)/C(=N\OCF)c3nsc(N)n3)[C@H]2SC1)[C@H](CO)C(N)=O. The number of oxime groups is 1. The van der Waals surface area contributed by atoms with Gasteiger partial charge in [0.25, 0.3) is 24.6 Å². The van der Waals surface area contributed by atoms with E-state index in [9.17, 15) is 33.8 Å². The van der Waals surface area contributed by atoms with Gasteiger partial charge in [-0.05, 0) is 11.6 Å². The number of carboxylic acids is 1. The minimum absolute atomic E-state index is 0.0231. The second-order valence-electron chi connectivity index (χ2n) is 8.64. The van der Waals surface area contributed by atoms with Gasteiger partial charge >= 0.3 is 5.97 Å². The zero-order valence-electron chi connectivity index (χ0n) is 20.2. The van der Waals surface area contributed by atoms with Crippen molar-refractivity contribution in [3.63, 3.8) is 0 Å². The number of nitrogens with two attached hydrogens (primary N) is 2. The number of aliphatic hydroxyl groups excluding tert-OH is 1. The maximum atomic E-state index is 12.9. The molecule has 0 spiro atoms. The fraction of sp³-hybridized carbons (Fsp3) is 0.450. The van der Waals surface area contributed by atoms with E-state index in [1.165, 1.54) is 11.8 Å². The molecule has 2 aliphatic heterocycles. The van der Waals surface area contributed by atoms with Crippen molar-refractivity contribution >= 4 is 57.8 Å². The highest BCUT2D eigenvalue weighted by molar-refractivity contribution is 8.00. The number of primary amides is 1. The number of carbonyl (C=O) groups excluding carboxylic acids is 3. The van der Waals surface area contributed by atoms with Gasteiger partial charge in [-0.2, -0.15) is 9.36 Å². The number of hydrogen-bond donors (Lipinski definition) is 5. The van der Waals surface area contributed by atoms with Crippen LogP contribution in [-0.2, 0) is 24.0 Å². The Labute approximate surface area is 223 Å². The molecule has 206 valence electrons. The first-order valence-corrected chi connectivity index (χ1v) is 12.7. The number of quaternary nitrogens is 1. The predicted octanol–water partition coefficient (Wildman–Crippen LogP) is -2.01. The number of likely N-dealkylation sites (N-methyl/N-ethyl adjacent to an activating group) is 1. The van der Waals surface area contributed by atoms with Crippen molar-refractivity contribution in [2.24, 2.45) is 10.9 Å². The zero-order valence-corrected chi connectivity index (χ0v) is 21.9. The van der Waals surface area contributed by atoms with Crippen LogP contribution in [0.5, 0.6) is 0 Å². The minimum atomic E-state index is -1.34. The number of thioether (sulfide) groups is 1. The number of carboxylic acid groups (broad SMARTS) is 1. The van der Waals surface area contributed by atoms with Crippen molar-refractivity contribution in [1.29, 1.82) is 0 Å². The lowest BCUT2D eigenvalue weighted by atomic mass is 10.0. The lowest BCUT2D eigenvalue weighted by Crippen LogP contribution is -2.71. The summed E-state index contributed by atoms with van der Waals surface area (Å²) in [5, 5.41) is 24.4. The standard InChI is InChI=1S/C20H25FN8O7S2/c1-29(2,10(6-30)14(22)31)5-3-4-9-7-37-18-12(17(33)28(18)13(9)19(34)35)24-16(32)11(26-36-8-21)15-25-20(23)38-27-15/h3-4,10,12,18,30H,5-8H2,1-2H3,(H5-,22,23,24,25,27,31,32,34,35)/p+1/b4-3+,26-11-/t10-,12-,18-/m1/s1. The Morgan fingerprint density at radius 1 is 1.42 bits per heavy atom. The quantitative estimate of drug-likeness (QED) is 0.0794. The second-order valence-corrected chi connectivity index (χ2v) is 10.5. The predicted molar refractivity (Wildman–Crippen MR) is 134 cm³/mol. The first-order chi connectivity index (χ1) is 17.9. The summed E-state index contributed by atoms with van der Waals surface area (Å²) in [6, 6.07) is -1.96. The van der Waals surface area contributed by atoms with Crippen LogP contribution in [0.25, 0.3) is 0 Å². The van der Waals surface area contributed by atoms with E-state index in [1.807, 2.05) is 0 Å². The molecule has 38 heavy (non-hydrogen) atoms. The first kappa shape index (κ1) is 29.0. The molecule has 1 aromatic heterocycles. The maximum Gasteiger partial charge on any atom is 0.352 e. The Morgan fingerprint density at radius 3 is 2.68 bits per heavy atom. The Morgan fingerprint density at radius 2 is 2.13 bits per heavy atom. The Kier molecular flexibility index (Phi) is 9.02. The molecule has 3 atom stereocenters. The fourth-order valence-corrected chi connectivity index (χ4v) is 5.59. The van der Waals surface area contributed by atoms with Crippen LogP contribution in [0.2, 0.25) is 0 Å². The summed E-state index contributed by atoms with van der Waals surface area (Å²) in [7, 11) is 3.37. The molecule has 0 aliphatic carbocycles. The maximum absolute atomic E-state index is 12.9. The van der Waals surface area contributed by atoms with Crippen molar-refractivity contribution in [3.05, 3.63) is 29.2 Å². The van der Waals surface area contributed by atoms with Gasteiger partial charge in [0.1, 0.15) is 23.7 Å². The highest BCUT2D eigenvalue weighted by atomic mass is 32.2. The van der Waals surface area contributed by atoms with Crippen LogP contribution in [0.4, 0.5) is 9.52 Å². The molecule has 18 heteroatoms. The summed E-state index contributed by atoms with van der Waals surface area (Å²) >= 11 is 1.99. The fourth-order valence-electron chi connectivity index (χ4n) is 3.83. The summed E-state index contributed by atoms with van der Waals surface area (Å²) in [6.07, 6.45) is 3.17. The number of allylic oxidation sites excluding steroid dienone is 1. The number of aliphatic hydroxyl groups is 1. The van der Waals surface area contributed by atoms with Crippen LogP contribution in [-0.4, -0.2) is 116 Å². The number of carbonyl (C=O) groups is 4. The molecule has 3 heterocycles. The van der Waals surface area contributed by atoms with Crippen molar-refractivity contribution in [2.45, 2.75) is 17.5 Å². The summed E-state index contributed by atoms with van der Waals surface area (Å²) in [5.74, 6) is -3.66. The molecule has 0 radical (unpaired) electrons. The number of β-lactam (4-membered cyclic amide) rings is 1. The number of fused-ring (bicyclic) bond motifs is 1. The number of hydrogen-bond acceptors (Lipinski definition) is 12. The van der Waals surface area contributed by atoms with Gasteiger partial charge in [-0.25, -0.2) is 9.18 Å². The number of alkyl halides is 1. The number of nitrogens with zero attached hydrogens (tertiary/aromatic N) is 5. The molecular formula is C20H26FN8O7S2+. The van der Waals surface area contributed by atoms with Gasteiger partial charge in [0, 0.05) is 17.3 Å². The zero-order chi connectivity index (χ0) is 28.2. The molecule has 7 N–H and O–H groups in total. The van der Waals surface area contributed by atoms with Gasteiger partial charge < -0.3 is 36.3 Å². The van der Waals surface area contributed by atoms with Crippen LogP contribution in [0.1, 0.15) is 5.82 Å². The third kappa shape index (κ3) is 5.93.